The molecule has 2 nitrogen and oxygen atoms in total. The topological polar surface area (TPSA) is 35.2 Å². The van der Waals surface area contributed by atoms with Gasteiger partial charge in [0, 0.05) is 12.7 Å². The summed E-state index contributed by atoms with van der Waals surface area (Å²) in [7, 11) is 1.42. The van der Waals surface area contributed by atoms with Gasteiger partial charge in [-0.2, -0.15) is 0 Å². The number of halogens is 3. The van der Waals surface area contributed by atoms with Crippen LogP contribution in [0.1, 0.15) is 11.6 Å². The molecule has 78 valence electrons. The number of benzene rings is 1. The second-order valence-electron chi connectivity index (χ2n) is 2.82. The average molecular weight is 222 g/mol. The van der Waals surface area contributed by atoms with E-state index in [1.54, 1.807) is 0 Å². The summed E-state index contributed by atoms with van der Waals surface area (Å²) in [6.45, 7) is 0.0834. The minimum Gasteiger partial charge on any atom is -0.383 e. The quantitative estimate of drug-likeness (QED) is 0.795. The van der Waals surface area contributed by atoms with Gasteiger partial charge in [-0.15, -0.1) is 0 Å². The van der Waals surface area contributed by atoms with Gasteiger partial charge in [-0.05, 0) is 12.1 Å². The molecular formula is C9H10ClF2NO. The zero-order valence-corrected chi connectivity index (χ0v) is 8.31. The van der Waals surface area contributed by atoms with Crippen molar-refractivity contribution in [2.75, 3.05) is 13.7 Å². The zero-order chi connectivity index (χ0) is 10.7. The van der Waals surface area contributed by atoms with E-state index in [1.165, 1.54) is 7.11 Å². The molecule has 0 fully saturated rings. The van der Waals surface area contributed by atoms with Crippen molar-refractivity contribution in [2.45, 2.75) is 6.04 Å². The molecule has 1 atom stereocenters. The van der Waals surface area contributed by atoms with Crippen LogP contribution in [0.25, 0.3) is 0 Å². The van der Waals surface area contributed by atoms with E-state index < -0.39 is 17.7 Å². The Morgan fingerprint density at radius 3 is 2.57 bits per heavy atom. The first-order valence-electron chi connectivity index (χ1n) is 3.95. The van der Waals surface area contributed by atoms with Gasteiger partial charge in [-0.25, -0.2) is 8.78 Å². The van der Waals surface area contributed by atoms with Crippen LogP contribution in [0, 0.1) is 11.6 Å². The van der Waals surface area contributed by atoms with Crippen molar-refractivity contribution in [3.63, 3.8) is 0 Å². The van der Waals surface area contributed by atoms with Crippen LogP contribution in [-0.2, 0) is 4.74 Å². The summed E-state index contributed by atoms with van der Waals surface area (Å²) >= 11 is 5.58. The first-order valence-corrected chi connectivity index (χ1v) is 4.33. The standard InChI is InChI=1S/C9H10ClF2NO/c1-14-4-7(13)8-5(11)2-3-6(12)9(8)10/h2-3,7H,4,13H2,1H3/t7-/m0/s1. The van der Waals surface area contributed by atoms with E-state index in [4.69, 9.17) is 22.1 Å². The highest BCUT2D eigenvalue weighted by Crippen LogP contribution is 2.27. The number of hydrogen-bond donors (Lipinski definition) is 1. The van der Waals surface area contributed by atoms with Crippen molar-refractivity contribution in [3.8, 4) is 0 Å². The highest BCUT2D eigenvalue weighted by Gasteiger charge is 2.18. The fraction of sp³-hybridized carbons (Fsp3) is 0.333. The Balaban J connectivity index is 3.11. The van der Waals surface area contributed by atoms with Gasteiger partial charge >= 0.3 is 0 Å². The lowest BCUT2D eigenvalue weighted by Gasteiger charge is -2.13. The maximum absolute atomic E-state index is 13.2. The van der Waals surface area contributed by atoms with E-state index in [0.717, 1.165) is 12.1 Å². The molecule has 0 radical (unpaired) electrons. The van der Waals surface area contributed by atoms with Crippen molar-refractivity contribution < 1.29 is 13.5 Å². The fourth-order valence-electron chi connectivity index (χ4n) is 1.15. The number of hydrogen-bond acceptors (Lipinski definition) is 2. The monoisotopic (exact) mass is 221 g/mol. The lowest BCUT2D eigenvalue weighted by atomic mass is 10.1. The van der Waals surface area contributed by atoms with Crippen LogP contribution in [-0.4, -0.2) is 13.7 Å². The van der Waals surface area contributed by atoms with E-state index in [9.17, 15) is 8.78 Å². The van der Waals surface area contributed by atoms with Crippen LogP contribution in [0.3, 0.4) is 0 Å². The third-order valence-electron chi connectivity index (χ3n) is 1.80. The molecule has 0 saturated heterocycles. The van der Waals surface area contributed by atoms with Crippen molar-refractivity contribution >= 4 is 11.6 Å². The molecule has 5 heteroatoms. The molecule has 0 aliphatic heterocycles. The normalized spacial score (nSPS) is 12.9. The average Bonchev–Trinajstić information content (AvgIpc) is 2.13. The van der Waals surface area contributed by atoms with Crippen molar-refractivity contribution in [1.29, 1.82) is 0 Å². The summed E-state index contributed by atoms with van der Waals surface area (Å²) < 4.78 is 30.9. The van der Waals surface area contributed by atoms with Crippen molar-refractivity contribution in [3.05, 3.63) is 34.4 Å². The Morgan fingerprint density at radius 1 is 1.43 bits per heavy atom. The molecule has 0 unspecified atom stereocenters. The maximum Gasteiger partial charge on any atom is 0.142 e. The van der Waals surface area contributed by atoms with Crippen LogP contribution in [0.15, 0.2) is 12.1 Å². The summed E-state index contributed by atoms with van der Waals surface area (Å²) in [4.78, 5) is 0. The van der Waals surface area contributed by atoms with E-state index in [1.807, 2.05) is 0 Å². The summed E-state index contributed by atoms with van der Waals surface area (Å²) in [5.41, 5.74) is 5.51. The first kappa shape index (κ1) is 11.4. The van der Waals surface area contributed by atoms with Crippen molar-refractivity contribution in [2.24, 2.45) is 5.73 Å². The van der Waals surface area contributed by atoms with E-state index in [2.05, 4.69) is 0 Å². The Bertz CT molecular complexity index is 333. The number of nitrogens with two attached hydrogens (primary N) is 1. The first-order chi connectivity index (χ1) is 6.57. The van der Waals surface area contributed by atoms with E-state index in [-0.39, 0.29) is 17.2 Å². The predicted octanol–water partition coefficient (Wildman–Crippen LogP) is 2.26. The predicted molar refractivity (Wildman–Crippen MR) is 50.2 cm³/mol. The number of methoxy groups -OCH3 is 1. The molecule has 0 aromatic heterocycles. The number of ether oxygens (including phenoxy) is 1. The third-order valence-corrected chi connectivity index (χ3v) is 2.18. The molecule has 0 aliphatic rings. The Hall–Kier alpha value is -0.710. The molecular weight excluding hydrogens is 212 g/mol. The zero-order valence-electron chi connectivity index (χ0n) is 7.56. The maximum atomic E-state index is 13.2. The van der Waals surface area contributed by atoms with Gasteiger partial charge in [0.15, 0.2) is 0 Å². The molecule has 0 heterocycles. The van der Waals surface area contributed by atoms with E-state index >= 15 is 0 Å². The largest absolute Gasteiger partial charge is 0.383 e. The summed E-state index contributed by atoms with van der Waals surface area (Å²) in [5, 5.41) is -0.283. The summed E-state index contributed by atoms with van der Waals surface area (Å²) in [6, 6.07) is 1.19. The van der Waals surface area contributed by atoms with Gasteiger partial charge in [0.05, 0.1) is 17.7 Å². The second kappa shape index (κ2) is 4.68. The van der Waals surface area contributed by atoms with Gasteiger partial charge in [0.1, 0.15) is 11.6 Å². The SMILES string of the molecule is COC[C@H](N)c1c(F)ccc(F)c1Cl. The smallest absolute Gasteiger partial charge is 0.142 e. The van der Waals surface area contributed by atoms with Gasteiger partial charge in [-0.1, -0.05) is 11.6 Å². The lowest BCUT2D eigenvalue weighted by Crippen LogP contribution is -2.18. The molecule has 1 aromatic carbocycles. The van der Waals surface area contributed by atoms with Gasteiger partial charge in [-0.3, -0.25) is 0 Å². The van der Waals surface area contributed by atoms with Crippen LogP contribution >= 0.6 is 11.6 Å². The molecule has 0 amide bonds. The minimum absolute atomic E-state index is 0.0477. The fourth-order valence-corrected chi connectivity index (χ4v) is 1.44. The highest BCUT2D eigenvalue weighted by molar-refractivity contribution is 6.31. The Labute approximate surface area is 85.6 Å². The Morgan fingerprint density at radius 2 is 2.00 bits per heavy atom. The second-order valence-corrected chi connectivity index (χ2v) is 3.20. The summed E-state index contributed by atoms with van der Waals surface area (Å²) in [5.74, 6) is -1.31. The van der Waals surface area contributed by atoms with Crippen molar-refractivity contribution in [1.82, 2.24) is 0 Å². The molecule has 1 rings (SSSR count). The molecule has 14 heavy (non-hydrogen) atoms. The number of rotatable bonds is 3. The van der Waals surface area contributed by atoms with Crippen LogP contribution in [0.5, 0.6) is 0 Å². The van der Waals surface area contributed by atoms with Crippen LogP contribution < -0.4 is 5.73 Å². The molecule has 0 bridgehead atoms. The highest BCUT2D eigenvalue weighted by atomic mass is 35.5. The van der Waals surface area contributed by atoms with Crippen LogP contribution in [0.2, 0.25) is 5.02 Å². The molecule has 0 aliphatic carbocycles. The summed E-state index contributed by atoms with van der Waals surface area (Å²) in [6.07, 6.45) is 0. The molecule has 0 saturated carbocycles. The minimum atomic E-state index is -0.761. The molecule has 2 N–H and O–H groups in total. The van der Waals surface area contributed by atoms with Gasteiger partial charge in [0.2, 0.25) is 0 Å². The lowest BCUT2D eigenvalue weighted by molar-refractivity contribution is 0.179. The van der Waals surface area contributed by atoms with Gasteiger partial charge < -0.3 is 10.5 Å². The van der Waals surface area contributed by atoms with Gasteiger partial charge in [0.25, 0.3) is 0 Å². The van der Waals surface area contributed by atoms with Crippen LogP contribution in [0.4, 0.5) is 8.78 Å². The molecule has 0 spiro atoms. The van der Waals surface area contributed by atoms with E-state index in [0.29, 0.717) is 0 Å². The Kier molecular flexibility index (Phi) is 3.80. The third kappa shape index (κ3) is 2.20. The molecule has 1 aromatic rings.